The molecule has 19 heavy (non-hydrogen) atoms. The quantitative estimate of drug-likeness (QED) is 0.812. The van der Waals surface area contributed by atoms with E-state index in [1.807, 2.05) is 16.4 Å². The van der Waals surface area contributed by atoms with Gasteiger partial charge >= 0.3 is 6.01 Å². The largest absolute Gasteiger partial charge is 0.464 e. The average molecular weight is 282 g/mol. The standard InChI is InChI=1S/C10H12ClN7O/c1-2-19-10-14-8(11)13-9(15-10)17-3-4-18-6-12-16-7(18)5-17/h6H,2-5H2,1H3. The van der Waals surface area contributed by atoms with E-state index in [0.29, 0.717) is 19.1 Å². The molecule has 0 fully saturated rings. The summed E-state index contributed by atoms with van der Waals surface area (Å²) in [7, 11) is 0. The van der Waals surface area contributed by atoms with Gasteiger partial charge in [0.15, 0.2) is 5.82 Å². The Kier molecular flexibility index (Phi) is 3.16. The summed E-state index contributed by atoms with van der Waals surface area (Å²) in [6.07, 6.45) is 1.72. The maximum absolute atomic E-state index is 5.88. The van der Waals surface area contributed by atoms with Crippen molar-refractivity contribution < 1.29 is 4.74 Å². The Morgan fingerprint density at radius 2 is 2.21 bits per heavy atom. The van der Waals surface area contributed by atoms with E-state index in [1.165, 1.54) is 0 Å². The number of rotatable bonds is 3. The number of halogens is 1. The molecule has 1 aliphatic heterocycles. The zero-order chi connectivity index (χ0) is 13.2. The molecule has 0 saturated carbocycles. The fourth-order valence-electron chi connectivity index (χ4n) is 1.89. The van der Waals surface area contributed by atoms with Gasteiger partial charge in [-0.25, -0.2) is 0 Å². The molecular weight excluding hydrogens is 270 g/mol. The highest BCUT2D eigenvalue weighted by atomic mass is 35.5. The molecule has 8 nitrogen and oxygen atoms in total. The summed E-state index contributed by atoms with van der Waals surface area (Å²) in [6.45, 7) is 4.48. The molecular formula is C10H12ClN7O. The van der Waals surface area contributed by atoms with Gasteiger partial charge in [0.1, 0.15) is 6.33 Å². The Labute approximate surface area is 114 Å². The van der Waals surface area contributed by atoms with E-state index in [2.05, 4.69) is 25.1 Å². The SMILES string of the molecule is CCOc1nc(Cl)nc(N2CCn3cnnc3C2)n1. The van der Waals surface area contributed by atoms with Crippen LogP contribution in [0.25, 0.3) is 0 Å². The number of hydrogen-bond acceptors (Lipinski definition) is 7. The molecule has 0 bridgehead atoms. The molecule has 3 heterocycles. The third-order valence-electron chi connectivity index (χ3n) is 2.77. The van der Waals surface area contributed by atoms with Gasteiger partial charge in [-0.15, -0.1) is 10.2 Å². The van der Waals surface area contributed by atoms with Crippen LogP contribution in [0, 0.1) is 0 Å². The number of ether oxygens (including phenoxy) is 1. The lowest BCUT2D eigenvalue weighted by atomic mass is 10.4. The molecule has 3 rings (SSSR count). The van der Waals surface area contributed by atoms with Gasteiger partial charge in [0.05, 0.1) is 13.2 Å². The second-order valence-corrected chi connectivity index (χ2v) is 4.32. The molecule has 9 heteroatoms. The van der Waals surface area contributed by atoms with E-state index in [4.69, 9.17) is 16.3 Å². The first-order valence-electron chi connectivity index (χ1n) is 5.92. The van der Waals surface area contributed by atoms with Gasteiger partial charge in [-0.1, -0.05) is 0 Å². The molecule has 0 radical (unpaired) electrons. The van der Waals surface area contributed by atoms with Crippen LogP contribution in [-0.2, 0) is 13.1 Å². The van der Waals surface area contributed by atoms with Crippen LogP contribution in [0.5, 0.6) is 6.01 Å². The summed E-state index contributed by atoms with van der Waals surface area (Å²) in [5, 5.41) is 8.05. The topological polar surface area (TPSA) is 81.9 Å². The summed E-state index contributed by atoms with van der Waals surface area (Å²) in [4.78, 5) is 14.3. The molecule has 100 valence electrons. The molecule has 0 aliphatic carbocycles. The predicted octanol–water partition coefficient (Wildman–Crippen LogP) is 0.535. The van der Waals surface area contributed by atoms with Crippen molar-refractivity contribution in [1.29, 1.82) is 0 Å². The fraction of sp³-hybridized carbons (Fsp3) is 0.500. The maximum atomic E-state index is 5.88. The average Bonchev–Trinajstić information content (AvgIpc) is 2.85. The Morgan fingerprint density at radius 1 is 1.32 bits per heavy atom. The third-order valence-corrected chi connectivity index (χ3v) is 2.94. The van der Waals surface area contributed by atoms with Crippen LogP contribution >= 0.6 is 11.6 Å². The summed E-state index contributed by atoms with van der Waals surface area (Å²) >= 11 is 5.88. The lowest BCUT2D eigenvalue weighted by Crippen LogP contribution is -2.35. The van der Waals surface area contributed by atoms with E-state index in [0.717, 1.165) is 18.9 Å². The minimum Gasteiger partial charge on any atom is -0.464 e. The molecule has 0 amide bonds. The fourth-order valence-corrected chi connectivity index (χ4v) is 2.04. The lowest BCUT2D eigenvalue weighted by Gasteiger charge is -2.26. The highest BCUT2D eigenvalue weighted by molar-refractivity contribution is 6.28. The Morgan fingerprint density at radius 3 is 3.05 bits per heavy atom. The van der Waals surface area contributed by atoms with Gasteiger partial charge in [-0.2, -0.15) is 15.0 Å². The van der Waals surface area contributed by atoms with Crippen LogP contribution in [0.2, 0.25) is 5.28 Å². The van der Waals surface area contributed by atoms with E-state index >= 15 is 0 Å². The molecule has 2 aromatic rings. The molecule has 0 atom stereocenters. The van der Waals surface area contributed by atoms with Crippen molar-refractivity contribution in [3.05, 3.63) is 17.4 Å². The molecule has 0 spiro atoms. The Balaban J connectivity index is 1.87. The monoisotopic (exact) mass is 281 g/mol. The van der Waals surface area contributed by atoms with Gasteiger partial charge in [-0.05, 0) is 18.5 Å². The van der Waals surface area contributed by atoms with Gasteiger partial charge in [-0.3, -0.25) is 0 Å². The van der Waals surface area contributed by atoms with Gasteiger partial charge < -0.3 is 14.2 Å². The summed E-state index contributed by atoms with van der Waals surface area (Å²) in [5.74, 6) is 1.37. The van der Waals surface area contributed by atoms with Gasteiger partial charge in [0, 0.05) is 13.1 Å². The number of anilines is 1. The zero-order valence-electron chi connectivity index (χ0n) is 10.3. The molecule has 1 aliphatic rings. The second kappa shape index (κ2) is 4.96. The van der Waals surface area contributed by atoms with Crippen molar-refractivity contribution in [2.75, 3.05) is 18.1 Å². The molecule has 0 N–H and O–H groups in total. The molecule has 0 saturated heterocycles. The van der Waals surface area contributed by atoms with E-state index < -0.39 is 0 Å². The smallest absolute Gasteiger partial charge is 0.322 e. The highest BCUT2D eigenvalue weighted by Gasteiger charge is 2.21. The first-order chi connectivity index (χ1) is 9.26. The van der Waals surface area contributed by atoms with Crippen LogP contribution in [0.4, 0.5) is 5.95 Å². The van der Waals surface area contributed by atoms with Crippen molar-refractivity contribution in [2.45, 2.75) is 20.0 Å². The van der Waals surface area contributed by atoms with Crippen molar-refractivity contribution in [3.63, 3.8) is 0 Å². The van der Waals surface area contributed by atoms with Crippen LogP contribution in [-0.4, -0.2) is 42.9 Å². The van der Waals surface area contributed by atoms with Crippen molar-refractivity contribution in [3.8, 4) is 6.01 Å². The first kappa shape index (κ1) is 12.1. The van der Waals surface area contributed by atoms with E-state index in [9.17, 15) is 0 Å². The predicted molar refractivity (Wildman–Crippen MR) is 67.1 cm³/mol. The first-order valence-corrected chi connectivity index (χ1v) is 6.30. The Bertz CT molecular complexity index is 587. The van der Waals surface area contributed by atoms with Crippen LogP contribution in [0.15, 0.2) is 6.33 Å². The van der Waals surface area contributed by atoms with Crippen LogP contribution < -0.4 is 9.64 Å². The zero-order valence-corrected chi connectivity index (χ0v) is 11.1. The highest BCUT2D eigenvalue weighted by Crippen LogP contribution is 2.19. The van der Waals surface area contributed by atoms with Crippen LogP contribution in [0.3, 0.4) is 0 Å². The second-order valence-electron chi connectivity index (χ2n) is 3.98. The molecule has 2 aromatic heterocycles. The van der Waals surface area contributed by atoms with Crippen LogP contribution in [0.1, 0.15) is 12.7 Å². The van der Waals surface area contributed by atoms with Gasteiger partial charge in [0.2, 0.25) is 11.2 Å². The third kappa shape index (κ3) is 2.43. The maximum Gasteiger partial charge on any atom is 0.322 e. The summed E-state index contributed by atoms with van der Waals surface area (Å²) in [6, 6.07) is 0.240. The van der Waals surface area contributed by atoms with E-state index in [-0.39, 0.29) is 11.3 Å². The van der Waals surface area contributed by atoms with E-state index in [1.54, 1.807) is 6.33 Å². The normalized spacial score (nSPS) is 14.3. The summed E-state index contributed by atoms with van der Waals surface area (Å²) < 4.78 is 7.27. The summed E-state index contributed by atoms with van der Waals surface area (Å²) in [5.41, 5.74) is 0. The minimum absolute atomic E-state index is 0.125. The van der Waals surface area contributed by atoms with Crippen molar-refractivity contribution >= 4 is 17.5 Å². The number of fused-ring (bicyclic) bond motifs is 1. The van der Waals surface area contributed by atoms with Crippen molar-refractivity contribution in [1.82, 2.24) is 29.7 Å². The number of hydrogen-bond donors (Lipinski definition) is 0. The minimum atomic E-state index is 0.125. The molecule has 0 unspecified atom stereocenters. The Hall–Kier alpha value is -1.96. The van der Waals surface area contributed by atoms with Gasteiger partial charge in [0.25, 0.3) is 0 Å². The number of aromatic nitrogens is 6. The molecule has 0 aromatic carbocycles. The number of nitrogens with zero attached hydrogens (tertiary/aromatic N) is 7. The lowest BCUT2D eigenvalue weighted by molar-refractivity contribution is 0.311. The van der Waals surface area contributed by atoms with Crippen molar-refractivity contribution in [2.24, 2.45) is 0 Å².